The number of carbonyl (C=O) groups excluding carboxylic acids is 1. The van der Waals surface area contributed by atoms with Gasteiger partial charge in [0.1, 0.15) is 12.3 Å². The Bertz CT molecular complexity index is 1080. The van der Waals surface area contributed by atoms with E-state index in [1.54, 1.807) is 0 Å². The highest BCUT2D eigenvalue weighted by atomic mass is 16.3. The van der Waals surface area contributed by atoms with E-state index in [0.29, 0.717) is 35.1 Å². The van der Waals surface area contributed by atoms with Crippen molar-refractivity contribution in [1.82, 2.24) is 4.90 Å². The Labute approximate surface area is 217 Å². The molecule has 7 aliphatic rings. The molecule has 194 valence electrons. The molecular weight excluding hydrogens is 444 g/mol. The van der Waals surface area contributed by atoms with Crippen molar-refractivity contribution in [3.8, 4) is 0 Å². The summed E-state index contributed by atoms with van der Waals surface area (Å²) in [4.78, 5) is 16.1. The van der Waals surface area contributed by atoms with Gasteiger partial charge in [0.05, 0.1) is 17.1 Å². The molecule has 4 heteroatoms. The molecular formula is C32H45N2O2+. The number of hydrogen-bond donors (Lipinski definition) is 1. The SMILES string of the molecule is CCN1/C(=C/C2=C(O)C(=C/C3=[N+](CC)C4CCCC5CCCC3C54)/C2=O)C2CCCC3CCCC1C32. The molecule has 2 aliphatic heterocycles. The van der Waals surface area contributed by atoms with Crippen LogP contribution in [0.2, 0.25) is 0 Å². The van der Waals surface area contributed by atoms with Crippen LogP contribution in [0.1, 0.15) is 90.9 Å². The first-order valence-electron chi connectivity index (χ1n) is 15.4. The maximum atomic E-state index is 13.5. The predicted octanol–water partition coefficient (Wildman–Crippen LogP) is 6.18. The fourth-order valence-corrected chi connectivity index (χ4v) is 10.5. The highest BCUT2D eigenvalue weighted by Crippen LogP contribution is 2.55. The van der Waals surface area contributed by atoms with Crippen molar-refractivity contribution in [3.63, 3.8) is 0 Å². The van der Waals surface area contributed by atoms with E-state index in [1.807, 2.05) is 0 Å². The monoisotopic (exact) mass is 489 g/mol. The van der Waals surface area contributed by atoms with Crippen LogP contribution < -0.4 is 0 Å². The van der Waals surface area contributed by atoms with E-state index in [9.17, 15) is 9.90 Å². The Morgan fingerprint density at radius 1 is 0.861 bits per heavy atom. The maximum absolute atomic E-state index is 13.5. The molecule has 0 aromatic carbocycles. The summed E-state index contributed by atoms with van der Waals surface area (Å²) in [5, 5.41) is 11.2. The summed E-state index contributed by atoms with van der Waals surface area (Å²) in [6.07, 6.45) is 20.2. The van der Waals surface area contributed by atoms with Gasteiger partial charge in [-0.25, -0.2) is 4.58 Å². The lowest BCUT2D eigenvalue weighted by Gasteiger charge is -2.41. The van der Waals surface area contributed by atoms with Crippen LogP contribution in [0.25, 0.3) is 0 Å². The molecule has 7 rings (SSSR count). The quantitative estimate of drug-likeness (QED) is 0.379. The number of likely N-dealkylation sites (tertiary alicyclic amines) is 1. The summed E-state index contributed by atoms with van der Waals surface area (Å²) in [6.45, 7) is 6.56. The van der Waals surface area contributed by atoms with Gasteiger partial charge in [-0.05, 0) is 76.2 Å². The number of hydrogen-bond acceptors (Lipinski definition) is 3. The highest BCUT2D eigenvalue weighted by Gasteiger charge is 2.55. The van der Waals surface area contributed by atoms with Crippen LogP contribution in [-0.4, -0.2) is 51.3 Å². The first kappa shape index (κ1) is 23.3. The molecule has 0 aromatic rings. The molecule has 36 heavy (non-hydrogen) atoms. The first-order valence-corrected chi connectivity index (χ1v) is 15.4. The van der Waals surface area contributed by atoms with Crippen molar-refractivity contribution >= 4 is 11.5 Å². The van der Waals surface area contributed by atoms with Crippen LogP contribution in [0.5, 0.6) is 0 Å². The van der Waals surface area contributed by atoms with E-state index in [0.717, 1.165) is 36.8 Å². The topological polar surface area (TPSA) is 43.5 Å². The van der Waals surface area contributed by atoms with Gasteiger partial charge in [-0.3, -0.25) is 4.79 Å². The van der Waals surface area contributed by atoms with Crippen LogP contribution in [0, 0.1) is 35.5 Å². The lowest BCUT2D eigenvalue weighted by molar-refractivity contribution is -0.565. The van der Waals surface area contributed by atoms with Gasteiger partial charge in [-0.1, -0.05) is 32.1 Å². The van der Waals surface area contributed by atoms with Crippen LogP contribution in [0.4, 0.5) is 0 Å². The lowest BCUT2D eigenvalue weighted by Crippen LogP contribution is -2.39. The molecule has 0 aromatic heterocycles. The second-order valence-corrected chi connectivity index (χ2v) is 13.0. The number of rotatable bonds is 4. The Balaban J connectivity index is 1.23. The third-order valence-corrected chi connectivity index (χ3v) is 11.7. The van der Waals surface area contributed by atoms with Crippen molar-refractivity contribution in [2.75, 3.05) is 13.1 Å². The molecule has 1 saturated heterocycles. The normalized spacial score (nSPS) is 43.8. The molecule has 2 heterocycles. The minimum atomic E-state index is 0.0732. The van der Waals surface area contributed by atoms with Crippen LogP contribution in [0.15, 0.2) is 34.8 Å². The standard InChI is InChI=1S/C32H44N2O2/c1-3-33-25-15-7-11-19-9-5-13-21(29(19)25)27(33)17-23-31(35)24(32(23)36)18-28-22-14-6-10-20-12-8-16-26(30(20)22)34(28)4-2/h17-22,25-26,29-30H,3-16H2,1-2H3/p+1. The molecule has 8 atom stereocenters. The maximum Gasteiger partial charge on any atom is 0.200 e. The number of aliphatic hydroxyl groups excluding tert-OH is 1. The molecule has 8 unspecified atom stereocenters. The minimum Gasteiger partial charge on any atom is -0.506 e. The molecule has 5 fully saturated rings. The third kappa shape index (κ3) is 3.24. The zero-order chi connectivity index (χ0) is 24.6. The summed E-state index contributed by atoms with van der Waals surface area (Å²) in [6, 6.07) is 1.29. The van der Waals surface area contributed by atoms with Crippen molar-refractivity contribution < 1.29 is 14.5 Å². The van der Waals surface area contributed by atoms with E-state index in [4.69, 9.17) is 0 Å². The van der Waals surface area contributed by atoms with Gasteiger partial charge >= 0.3 is 0 Å². The fraction of sp³-hybridized carbons (Fsp3) is 0.750. The van der Waals surface area contributed by atoms with Crippen molar-refractivity contribution in [1.29, 1.82) is 0 Å². The van der Waals surface area contributed by atoms with E-state index < -0.39 is 0 Å². The van der Waals surface area contributed by atoms with Crippen LogP contribution >= 0.6 is 0 Å². The van der Waals surface area contributed by atoms with E-state index in [1.165, 1.54) is 88.5 Å². The van der Waals surface area contributed by atoms with Crippen molar-refractivity contribution in [2.24, 2.45) is 35.5 Å². The molecule has 4 saturated carbocycles. The molecule has 0 spiro atoms. The van der Waals surface area contributed by atoms with Gasteiger partial charge in [0.25, 0.3) is 0 Å². The van der Waals surface area contributed by atoms with Gasteiger partial charge in [0, 0.05) is 42.6 Å². The Kier molecular flexibility index (Phi) is 5.74. The van der Waals surface area contributed by atoms with Gasteiger partial charge in [0.15, 0.2) is 11.8 Å². The fourth-order valence-electron chi connectivity index (χ4n) is 10.5. The Morgan fingerprint density at radius 2 is 1.53 bits per heavy atom. The molecule has 0 radical (unpaired) electrons. The number of ketones is 1. The molecule has 5 aliphatic carbocycles. The largest absolute Gasteiger partial charge is 0.506 e. The smallest absolute Gasteiger partial charge is 0.200 e. The summed E-state index contributed by atoms with van der Waals surface area (Å²) >= 11 is 0. The number of carbonyl (C=O) groups is 1. The van der Waals surface area contributed by atoms with E-state index >= 15 is 0 Å². The van der Waals surface area contributed by atoms with Gasteiger partial charge in [-0.15, -0.1) is 0 Å². The van der Waals surface area contributed by atoms with Crippen molar-refractivity contribution in [3.05, 3.63) is 34.8 Å². The zero-order valence-corrected chi connectivity index (χ0v) is 22.4. The molecule has 0 bridgehead atoms. The summed E-state index contributed by atoms with van der Waals surface area (Å²) < 4.78 is 2.61. The zero-order valence-electron chi connectivity index (χ0n) is 22.4. The lowest BCUT2D eigenvalue weighted by atomic mass is 9.64. The van der Waals surface area contributed by atoms with Gasteiger partial charge in [-0.2, -0.15) is 0 Å². The second kappa shape index (κ2) is 8.88. The number of allylic oxidation sites excluding steroid dienone is 5. The second-order valence-electron chi connectivity index (χ2n) is 13.0. The summed E-state index contributed by atoms with van der Waals surface area (Å²) in [5.74, 6) is 4.75. The highest BCUT2D eigenvalue weighted by molar-refractivity contribution is 6.23. The number of nitrogens with zero attached hydrogens (tertiary/aromatic N) is 2. The summed E-state index contributed by atoms with van der Waals surface area (Å²) in [7, 11) is 0. The van der Waals surface area contributed by atoms with Gasteiger partial charge < -0.3 is 10.0 Å². The number of aliphatic hydroxyl groups is 1. The molecule has 1 N–H and O–H groups in total. The first-order chi connectivity index (χ1) is 17.6. The summed E-state index contributed by atoms with van der Waals surface area (Å²) in [5.41, 5.74) is 3.88. The average molecular weight is 490 g/mol. The Hall–Kier alpha value is -1.84. The number of Topliss-reactive ketones (excluding diaryl/α,β-unsaturated/α-hetero) is 1. The van der Waals surface area contributed by atoms with Crippen molar-refractivity contribution in [2.45, 2.75) is 103 Å². The minimum absolute atomic E-state index is 0.0732. The average Bonchev–Trinajstić information content (AvgIpc) is 3.40. The van der Waals surface area contributed by atoms with E-state index in [2.05, 4.69) is 35.5 Å². The molecule has 4 nitrogen and oxygen atoms in total. The van der Waals surface area contributed by atoms with Crippen LogP contribution in [-0.2, 0) is 4.79 Å². The predicted molar refractivity (Wildman–Crippen MR) is 143 cm³/mol. The van der Waals surface area contributed by atoms with E-state index in [-0.39, 0.29) is 11.5 Å². The molecule has 0 amide bonds. The van der Waals surface area contributed by atoms with Crippen LogP contribution in [0.3, 0.4) is 0 Å². The third-order valence-electron chi connectivity index (χ3n) is 11.7. The van der Waals surface area contributed by atoms with Gasteiger partial charge in [0.2, 0.25) is 5.78 Å². The Morgan fingerprint density at radius 3 is 2.22 bits per heavy atom.